The molecule has 0 bridgehead atoms. The first-order chi connectivity index (χ1) is 8.55. The lowest BCUT2D eigenvalue weighted by molar-refractivity contribution is -0.352. The van der Waals surface area contributed by atoms with Crippen LogP contribution >= 0.6 is 0 Å². The number of hydrogen-bond donors (Lipinski definition) is 2. The van der Waals surface area contributed by atoms with E-state index in [-0.39, 0.29) is 0 Å². The average molecular weight is 323 g/mol. The smallest absolute Gasteiger partial charge is 0.475 e. The van der Waals surface area contributed by atoms with E-state index in [0.717, 1.165) is 0 Å². The van der Waals surface area contributed by atoms with Gasteiger partial charge in [-0.2, -0.15) is 36.0 Å². The number of halogens is 9. The molecule has 0 aromatic rings. The summed E-state index contributed by atoms with van der Waals surface area (Å²) in [5, 5.41) is 21.8. The second kappa shape index (κ2) is 8.46. The van der Waals surface area contributed by atoms with Gasteiger partial charge in [-0.1, -0.05) is 0 Å². The summed E-state index contributed by atoms with van der Waals surface area (Å²) in [6.07, 6.45) is -15.5. The van der Waals surface area contributed by atoms with Crippen LogP contribution in [0.25, 0.3) is 0 Å². The zero-order chi connectivity index (χ0) is 17.4. The Bertz CT molecular complexity index is 328. The third kappa shape index (κ3) is 10.2. The SMILES string of the molecule is CC#N.O=C(O)C(F)(F)F.OC(F)(C(F)F)C(F)(F)F. The van der Waals surface area contributed by atoms with Gasteiger partial charge in [-0.05, 0) is 0 Å². The Balaban J connectivity index is -0.000000251. The highest BCUT2D eigenvalue weighted by molar-refractivity contribution is 5.73. The van der Waals surface area contributed by atoms with Crippen molar-refractivity contribution in [3.05, 3.63) is 0 Å². The molecule has 0 spiro atoms. The maximum absolute atomic E-state index is 11.4. The van der Waals surface area contributed by atoms with Crippen LogP contribution in [0.2, 0.25) is 0 Å². The van der Waals surface area contributed by atoms with Gasteiger partial charge in [0.1, 0.15) is 0 Å². The fraction of sp³-hybridized carbons (Fsp3) is 0.714. The van der Waals surface area contributed by atoms with E-state index in [0.29, 0.717) is 0 Å². The van der Waals surface area contributed by atoms with Crippen molar-refractivity contribution in [2.24, 2.45) is 0 Å². The van der Waals surface area contributed by atoms with Crippen LogP contribution in [0.3, 0.4) is 0 Å². The van der Waals surface area contributed by atoms with Crippen LogP contribution in [0.4, 0.5) is 39.5 Å². The first kappa shape index (κ1) is 23.4. The largest absolute Gasteiger partial charge is 0.490 e. The fourth-order valence-corrected chi connectivity index (χ4v) is 0.124. The van der Waals surface area contributed by atoms with Gasteiger partial charge >= 0.3 is 30.6 Å². The molecule has 0 radical (unpaired) electrons. The highest BCUT2D eigenvalue weighted by Gasteiger charge is 2.62. The molecule has 2 N–H and O–H groups in total. The van der Waals surface area contributed by atoms with Crippen LogP contribution < -0.4 is 0 Å². The summed E-state index contributed by atoms with van der Waals surface area (Å²) in [6, 6.07) is 1.75. The Labute approximate surface area is 105 Å². The van der Waals surface area contributed by atoms with Crippen molar-refractivity contribution in [1.82, 2.24) is 0 Å². The van der Waals surface area contributed by atoms with E-state index in [1.54, 1.807) is 6.07 Å². The topological polar surface area (TPSA) is 81.3 Å². The van der Waals surface area contributed by atoms with Gasteiger partial charge in [0.15, 0.2) is 0 Å². The van der Waals surface area contributed by atoms with Gasteiger partial charge < -0.3 is 10.2 Å². The Kier molecular flexibility index (Phi) is 9.89. The molecule has 0 aromatic heterocycles. The average Bonchev–Trinajstić information content (AvgIpc) is 2.15. The van der Waals surface area contributed by atoms with Crippen molar-refractivity contribution in [2.45, 2.75) is 31.6 Å². The molecule has 0 aliphatic carbocycles. The first-order valence-corrected chi connectivity index (χ1v) is 3.92. The number of nitriles is 1. The van der Waals surface area contributed by atoms with Gasteiger partial charge in [0.2, 0.25) is 0 Å². The van der Waals surface area contributed by atoms with Crippen LogP contribution in [0, 0.1) is 11.3 Å². The first-order valence-electron chi connectivity index (χ1n) is 3.92. The molecule has 0 fully saturated rings. The molecule has 4 nitrogen and oxygen atoms in total. The molecular formula is C7H6F9NO3. The number of nitrogens with zero attached hydrogens (tertiary/aromatic N) is 1. The Hall–Kier alpha value is -1.71. The molecule has 0 saturated carbocycles. The molecule has 1 atom stereocenters. The highest BCUT2D eigenvalue weighted by Crippen LogP contribution is 2.36. The summed E-state index contributed by atoms with van der Waals surface area (Å²) in [6.45, 7) is 1.43. The number of aliphatic carboxylic acids is 1. The Morgan fingerprint density at radius 2 is 1.30 bits per heavy atom. The molecular weight excluding hydrogens is 317 g/mol. The van der Waals surface area contributed by atoms with Gasteiger partial charge in [0, 0.05) is 6.92 Å². The van der Waals surface area contributed by atoms with Crippen LogP contribution in [-0.4, -0.2) is 40.8 Å². The summed E-state index contributed by atoms with van der Waals surface area (Å²) in [7, 11) is 0. The predicted octanol–water partition coefficient (Wildman–Crippen LogP) is 2.64. The number of aliphatic hydroxyl groups is 1. The quantitative estimate of drug-likeness (QED) is 0.727. The molecule has 120 valence electrons. The van der Waals surface area contributed by atoms with Crippen molar-refractivity contribution in [3.8, 4) is 6.07 Å². The van der Waals surface area contributed by atoms with E-state index in [2.05, 4.69) is 0 Å². The van der Waals surface area contributed by atoms with Gasteiger partial charge in [0.25, 0.3) is 0 Å². The molecule has 1 unspecified atom stereocenters. The highest BCUT2D eigenvalue weighted by atomic mass is 19.4. The monoisotopic (exact) mass is 323 g/mol. The zero-order valence-electron chi connectivity index (χ0n) is 9.23. The van der Waals surface area contributed by atoms with Crippen molar-refractivity contribution in [1.29, 1.82) is 5.26 Å². The minimum Gasteiger partial charge on any atom is -0.475 e. The molecule has 13 heteroatoms. The van der Waals surface area contributed by atoms with Crippen molar-refractivity contribution < 1.29 is 54.5 Å². The van der Waals surface area contributed by atoms with E-state index < -0.39 is 30.6 Å². The van der Waals surface area contributed by atoms with Gasteiger partial charge in [0.05, 0.1) is 6.07 Å². The number of carbonyl (C=O) groups is 1. The zero-order valence-corrected chi connectivity index (χ0v) is 9.23. The molecule has 0 saturated heterocycles. The number of carboxylic acid groups (broad SMARTS) is 1. The molecule has 0 heterocycles. The van der Waals surface area contributed by atoms with E-state index in [4.69, 9.17) is 20.3 Å². The van der Waals surface area contributed by atoms with Crippen molar-refractivity contribution >= 4 is 5.97 Å². The lowest BCUT2D eigenvalue weighted by Crippen LogP contribution is -2.47. The summed E-state index contributed by atoms with van der Waals surface area (Å²) >= 11 is 0. The second-order valence-electron chi connectivity index (χ2n) is 2.50. The van der Waals surface area contributed by atoms with Crippen molar-refractivity contribution in [2.75, 3.05) is 0 Å². The fourth-order valence-electron chi connectivity index (χ4n) is 0.124. The number of alkyl halides is 9. The molecule has 0 aliphatic rings. The van der Waals surface area contributed by atoms with E-state index >= 15 is 0 Å². The minimum absolute atomic E-state index is 1.43. The molecule has 20 heavy (non-hydrogen) atoms. The second-order valence-corrected chi connectivity index (χ2v) is 2.50. The maximum atomic E-state index is 11.4. The summed E-state index contributed by atoms with van der Waals surface area (Å²) < 4.78 is 98.0. The van der Waals surface area contributed by atoms with Gasteiger partial charge in [-0.15, -0.1) is 0 Å². The standard InChI is InChI=1S/C3H2F6O.C2HF3O2.C2H3N/c4-1(5)2(6,10)3(7,8)9;3-2(4,5)1(6)7;1-2-3/h1,10H;(H,6,7);1H3. The summed E-state index contributed by atoms with van der Waals surface area (Å²) in [5.74, 6) is -8.15. The third-order valence-electron chi connectivity index (χ3n) is 0.929. The summed E-state index contributed by atoms with van der Waals surface area (Å²) in [5.41, 5.74) is 0. The lowest BCUT2D eigenvalue weighted by atomic mass is 10.3. The number of carboxylic acids is 1. The van der Waals surface area contributed by atoms with Gasteiger partial charge in [-0.3, -0.25) is 0 Å². The minimum atomic E-state index is -5.94. The third-order valence-corrected chi connectivity index (χ3v) is 0.929. The van der Waals surface area contributed by atoms with Gasteiger partial charge in [-0.25, -0.2) is 13.6 Å². The van der Waals surface area contributed by atoms with Crippen LogP contribution in [0.1, 0.15) is 6.92 Å². The Morgan fingerprint density at radius 1 is 1.10 bits per heavy atom. The van der Waals surface area contributed by atoms with E-state index in [1.165, 1.54) is 6.92 Å². The molecule has 0 rings (SSSR count). The van der Waals surface area contributed by atoms with Crippen molar-refractivity contribution in [3.63, 3.8) is 0 Å². The molecule has 0 aromatic carbocycles. The van der Waals surface area contributed by atoms with Crippen LogP contribution in [-0.2, 0) is 4.79 Å². The predicted molar refractivity (Wildman–Crippen MR) is 43.1 cm³/mol. The van der Waals surface area contributed by atoms with E-state index in [1.807, 2.05) is 0 Å². The Morgan fingerprint density at radius 3 is 1.30 bits per heavy atom. The summed E-state index contributed by atoms with van der Waals surface area (Å²) in [4.78, 5) is 8.90. The normalized spacial score (nSPS) is 13.9. The maximum Gasteiger partial charge on any atom is 0.490 e. The molecule has 0 aliphatic heterocycles. The number of hydrogen-bond acceptors (Lipinski definition) is 3. The van der Waals surface area contributed by atoms with Crippen LogP contribution in [0.5, 0.6) is 0 Å². The molecule has 0 amide bonds. The van der Waals surface area contributed by atoms with E-state index in [9.17, 15) is 39.5 Å². The number of rotatable bonds is 1. The lowest BCUT2D eigenvalue weighted by Gasteiger charge is -2.20. The van der Waals surface area contributed by atoms with Crippen LogP contribution in [0.15, 0.2) is 0 Å².